The minimum absolute atomic E-state index is 0.0330. The lowest BCUT2D eigenvalue weighted by Crippen LogP contribution is -2.16. The molecule has 0 spiro atoms. The third-order valence-electron chi connectivity index (χ3n) is 4.41. The third-order valence-corrected chi connectivity index (χ3v) is 5.47. The maximum Gasteiger partial charge on any atom is 0.271 e. The average Bonchev–Trinajstić information content (AvgIpc) is 2.97. The van der Waals surface area contributed by atoms with Gasteiger partial charge < -0.3 is 4.57 Å². The first-order valence-corrected chi connectivity index (χ1v) is 9.65. The average molecular weight is 383 g/mol. The Kier molecular flexibility index (Phi) is 5.51. The van der Waals surface area contributed by atoms with E-state index in [-0.39, 0.29) is 18.0 Å². The van der Waals surface area contributed by atoms with Crippen LogP contribution in [0.2, 0.25) is 0 Å². The number of benzene rings is 2. The van der Waals surface area contributed by atoms with E-state index in [1.165, 1.54) is 29.0 Å². The van der Waals surface area contributed by atoms with Gasteiger partial charge in [0.1, 0.15) is 0 Å². The van der Waals surface area contributed by atoms with Crippen LogP contribution in [-0.4, -0.2) is 15.4 Å². The predicted octanol–water partition coefficient (Wildman–Crippen LogP) is 4.42. The number of nitro groups is 1. The molecule has 0 bridgehead atoms. The number of nitrogens with zero attached hydrogens (tertiary/aromatic N) is 3. The molecule has 0 aliphatic heterocycles. The Morgan fingerprint density at radius 1 is 1.22 bits per heavy atom. The number of aromatic nitrogens is 1. The molecule has 1 heterocycles. The molecule has 3 rings (SSSR count). The number of amides is 1. The van der Waals surface area contributed by atoms with Crippen LogP contribution in [0.25, 0.3) is 10.2 Å². The molecule has 0 radical (unpaired) electrons. The van der Waals surface area contributed by atoms with Crippen LogP contribution in [0.3, 0.4) is 0 Å². The summed E-state index contributed by atoms with van der Waals surface area (Å²) in [4.78, 5) is 27.9. The summed E-state index contributed by atoms with van der Waals surface area (Å²) >= 11 is 1.37. The SMILES string of the molecule is CCn1c(=NC(=O)Cc2ccc(C(C)C)cc2)sc2ccc([N+](=O)[O-])cc21. The molecule has 0 saturated carbocycles. The summed E-state index contributed by atoms with van der Waals surface area (Å²) in [6.07, 6.45) is 0.233. The number of hydrogen-bond acceptors (Lipinski definition) is 4. The van der Waals surface area contributed by atoms with Crippen molar-refractivity contribution >= 4 is 33.1 Å². The normalized spacial score (nSPS) is 12.1. The van der Waals surface area contributed by atoms with Crippen LogP contribution in [0.5, 0.6) is 0 Å². The molecule has 1 aromatic heterocycles. The van der Waals surface area contributed by atoms with Gasteiger partial charge >= 0.3 is 0 Å². The summed E-state index contributed by atoms with van der Waals surface area (Å²) in [5.74, 6) is 0.223. The minimum Gasteiger partial charge on any atom is -0.316 e. The van der Waals surface area contributed by atoms with Gasteiger partial charge in [-0.2, -0.15) is 4.99 Å². The zero-order valence-electron chi connectivity index (χ0n) is 15.5. The summed E-state index contributed by atoms with van der Waals surface area (Å²) < 4.78 is 2.71. The molecule has 0 aliphatic rings. The van der Waals surface area contributed by atoms with Gasteiger partial charge in [0.25, 0.3) is 11.6 Å². The number of thiazole rings is 1. The second-order valence-corrected chi connectivity index (χ2v) is 7.63. The summed E-state index contributed by atoms with van der Waals surface area (Å²) in [5, 5.41) is 11.0. The largest absolute Gasteiger partial charge is 0.316 e. The molecule has 0 fully saturated rings. The van der Waals surface area contributed by atoms with Crippen molar-refractivity contribution in [2.24, 2.45) is 4.99 Å². The first kappa shape index (κ1) is 19.0. The first-order valence-electron chi connectivity index (χ1n) is 8.83. The Morgan fingerprint density at radius 3 is 2.52 bits per heavy atom. The number of rotatable bonds is 5. The van der Waals surface area contributed by atoms with Crippen molar-refractivity contribution in [1.82, 2.24) is 4.57 Å². The standard InChI is InChI=1S/C20H21N3O3S/c1-4-22-17-12-16(23(25)26)9-10-18(17)27-20(22)21-19(24)11-14-5-7-15(8-6-14)13(2)3/h5-10,12-13H,4,11H2,1-3H3. The first-order chi connectivity index (χ1) is 12.9. The van der Waals surface area contributed by atoms with E-state index in [4.69, 9.17) is 0 Å². The molecule has 2 aromatic carbocycles. The molecule has 6 nitrogen and oxygen atoms in total. The van der Waals surface area contributed by atoms with E-state index in [0.717, 1.165) is 15.8 Å². The van der Waals surface area contributed by atoms with Gasteiger partial charge in [0.2, 0.25) is 0 Å². The molecule has 27 heavy (non-hydrogen) atoms. The molecule has 7 heteroatoms. The fraction of sp³-hybridized carbons (Fsp3) is 0.300. The molecule has 140 valence electrons. The summed E-state index contributed by atoms with van der Waals surface area (Å²) in [5.41, 5.74) is 2.92. The lowest BCUT2D eigenvalue weighted by atomic mass is 10.0. The van der Waals surface area contributed by atoms with Crippen molar-refractivity contribution in [2.45, 2.75) is 39.7 Å². The zero-order valence-corrected chi connectivity index (χ0v) is 16.3. The number of nitro benzene ring substituents is 1. The van der Waals surface area contributed by atoms with Gasteiger partial charge in [-0.1, -0.05) is 49.4 Å². The topological polar surface area (TPSA) is 77.5 Å². The van der Waals surface area contributed by atoms with Crippen LogP contribution in [-0.2, 0) is 17.8 Å². The van der Waals surface area contributed by atoms with E-state index in [9.17, 15) is 14.9 Å². The van der Waals surface area contributed by atoms with Crippen molar-refractivity contribution < 1.29 is 9.72 Å². The summed E-state index contributed by atoms with van der Waals surface area (Å²) in [6.45, 7) is 6.77. The number of carbonyl (C=O) groups excluding carboxylic acids is 1. The molecule has 0 atom stereocenters. The molecular formula is C20H21N3O3S. The Morgan fingerprint density at radius 2 is 1.93 bits per heavy atom. The molecule has 0 saturated heterocycles. The molecule has 1 amide bonds. The molecule has 0 unspecified atom stereocenters. The number of carbonyl (C=O) groups is 1. The van der Waals surface area contributed by atoms with E-state index in [2.05, 4.69) is 18.8 Å². The van der Waals surface area contributed by atoms with E-state index < -0.39 is 4.92 Å². The van der Waals surface area contributed by atoms with Crippen LogP contribution < -0.4 is 4.80 Å². The van der Waals surface area contributed by atoms with E-state index in [0.29, 0.717) is 17.3 Å². The highest BCUT2D eigenvalue weighted by Gasteiger charge is 2.12. The van der Waals surface area contributed by atoms with Crippen LogP contribution in [0.1, 0.15) is 37.8 Å². The summed E-state index contributed by atoms with van der Waals surface area (Å²) in [6, 6.07) is 12.7. The Bertz CT molecular complexity index is 1060. The molecule has 0 N–H and O–H groups in total. The monoisotopic (exact) mass is 383 g/mol. The van der Waals surface area contributed by atoms with Gasteiger partial charge in [-0.05, 0) is 30.0 Å². The van der Waals surface area contributed by atoms with E-state index in [1.54, 1.807) is 6.07 Å². The minimum atomic E-state index is -0.417. The second kappa shape index (κ2) is 7.84. The van der Waals surface area contributed by atoms with E-state index >= 15 is 0 Å². The highest BCUT2D eigenvalue weighted by Crippen LogP contribution is 2.23. The Hall–Kier alpha value is -2.80. The van der Waals surface area contributed by atoms with Crippen molar-refractivity contribution in [3.8, 4) is 0 Å². The highest BCUT2D eigenvalue weighted by atomic mass is 32.1. The lowest BCUT2D eigenvalue weighted by molar-refractivity contribution is -0.384. The van der Waals surface area contributed by atoms with Crippen molar-refractivity contribution in [3.05, 3.63) is 68.5 Å². The van der Waals surface area contributed by atoms with Crippen LogP contribution in [0.4, 0.5) is 5.69 Å². The maximum atomic E-state index is 12.4. The van der Waals surface area contributed by atoms with Crippen molar-refractivity contribution in [1.29, 1.82) is 0 Å². The Labute approximate surface area is 161 Å². The third kappa shape index (κ3) is 4.14. The zero-order chi connectivity index (χ0) is 19.6. The van der Waals surface area contributed by atoms with Crippen LogP contribution in [0, 0.1) is 10.1 Å². The highest BCUT2D eigenvalue weighted by molar-refractivity contribution is 7.16. The van der Waals surface area contributed by atoms with Crippen LogP contribution >= 0.6 is 11.3 Å². The fourth-order valence-corrected chi connectivity index (χ4v) is 3.99. The fourth-order valence-electron chi connectivity index (χ4n) is 2.90. The van der Waals surface area contributed by atoms with Gasteiger partial charge in [-0.25, -0.2) is 0 Å². The second-order valence-electron chi connectivity index (χ2n) is 6.62. The van der Waals surface area contributed by atoms with Crippen molar-refractivity contribution in [2.75, 3.05) is 0 Å². The molecular weight excluding hydrogens is 362 g/mol. The molecule has 3 aromatic rings. The number of aryl methyl sites for hydroxylation is 1. The number of fused-ring (bicyclic) bond motifs is 1. The number of hydrogen-bond donors (Lipinski definition) is 0. The van der Waals surface area contributed by atoms with E-state index in [1.807, 2.05) is 35.8 Å². The lowest BCUT2D eigenvalue weighted by Gasteiger charge is -2.05. The van der Waals surface area contributed by atoms with Gasteiger partial charge in [0, 0.05) is 18.7 Å². The smallest absolute Gasteiger partial charge is 0.271 e. The molecule has 0 aliphatic carbocycles. The maximum absolute atomic E-state index is 12.4. The summed E-state index contributed by atoms with van der Waals surface area (Å²) in [7, 11) is 0. The van der Waals surface area contributed by atoms with Gasteiger partial charge in [-0.15, -0.1) is 0 Å². The van der Waals surface area contributed by atoms with Crippen molar-refractivity contribution in [3.63, 3.8) is 0 Å². The van der Waals surface area contributed by atoms with Crippen LogP contribution in [0.15, 0.2) is 47.5 Å². The quantitative estimate of drug-likeness (QED) is 0.483. The number of non-ortho nitro benzene ring substituents is 1. The predicted molar refractivity (Wildman–Crippen MR) is 107 cm³/mol. The van der Waals surface area contributed by atoms with Gasteiger partial charge in [0.05, 0.1) is 21.6 Å². The van der Waals surface area contributed by atoms with Gasteiger partial charge in [0.15, 0.2) is 4.80 Å². The van der Waals surface area contributed by atoms with Gasteiger partial charge in [-0.3, -0.25) is 14.9 Å². The Balaban J connectivity index is 1.92.